The smallest absolute Gasteiger partial charge is 0.223 e. The molecule has 2 aromatic carbocycles. The van der Waals surface area contributed by atoms with Gasteiger partial charge in [0.05, 0.1) is 10.6 Å². The molecule has 0 spiro atoms. The Morgan fingerprint density at radius 1 is 1.00 bits per heavy atom. The summed E-state index contributed by atoms with van der Waals surface area (Å²) in [6.45, 7) is 9.55. The molecule has 3 rings (SSSR count). The summed E-state index contributed by atoms with van der Waals surface area (Å²) in [7, 11) is -2.00. The predicted octanol–water partition coefficient (Wildman–Crippen LogP) is 3.88. The van der Waals surface area contributed by atoms with Gasteiger partial charge in [-0.3, -0.25) is 0 Å². The van der Waals surface area contributed by atoms with E-state index in [2.05, 4.69) is 10.1 Å². The molecule has 0 saturated heterocycles. The Bertz CT molecular complexity index is 1060. The normalized spacial score (nSPS) is 13.1. The van der Waals surface area contributed by atoms with Crippen LogP contribution in [0, 0.1) is 27.7 Å². The van der Waals surface area contributed by atoms with Crippen molar-refractivity contribution in [3.8, 4) is 5.69 Å². The van der Waals surface area contributed by atoms with E-state index in [1.54, 1.807) is 18.1 Å². The molecule has 0 fully saturated rings. The van der Waals surface area contributed by atoms with Crippen LogP contribution in [-0.4, -0.2) is 34.5 Å². The number of aromatic nitrogens is 3. The molecule has 3 aromatic rings. The molecule has 6 nitrogen and oxygen atoms in total. The first kappa shape index (κ1) is 20.2. The van der Waals surface area contributed by atoms with Gasteiger partial charge in [-0.25, -0.2) is 18.1 Å². The highest BCUT2D eigenvalue weighted by Gasteiger charge is 2.30. The van der Waals surface area contributed by atoms with Crippen LogP contribution in [0.2, 0.25) is 0 Å². The molecule has 7 heteroatoms. The molecule has 0 aliphatic rings. The average Bonchev–Trinajstić information content (AvgIpc) is 3.20. The molecule has 0 aliphatic carbocycles. The number of hydrogen-bond acceptors (Lipinski definition) is 4. The molecule has 1 aromatic heterocycles. The molecule has 0 saturated carbocycles. The van der Waals surface area contributed by atoms with E-state index in [-0.39, 0.29) is 6.04 Å². The van der Waals surface area contributed by atoms with E-state index in [4.69, 9.17) is 0 Å². The van der Waals surface area contributed by atoms with E-state index in [1.807, 2.05) is 65.0 Å². The molecule has 0 unspecified atom stereocenters. The highest BCUT2D eigenvalue weighted by molar-refractivity contribution is 7.89. The number of nitrogens with zero attached hydrogens (tertiary/aromatic N) is 4. The van der Waals surface area contributed by atoms with Gasteiger partial charge in [0.15, 0.2) is 0 Å². The van der Waals surface area contributed by atoms with E-state index in [1.165, 1.54) is 10.6 Å². The summed E-state index contributed by atoms with van der Waals surface area (Å²) in [5.41, 5.74) is 5.38. The van der Waals surface area contributed by atoms with E-state index in [0.717, 1.165) is 33.5 Å². The second-order valence-corrected chi connectivity index (χ2v) is 9.15. The summed E-state index contributed by atoms with van der Waals surface area (Å²) < 4.78 is 30.0. The largest absolute Gasteiger partial charge is 0.243 e. The molecular formula is C21H26N4O2S. The van der Waals surface area contributed by atoms with Crippen molar-refractivity contribution in [1.82, 2.24) is 19.1 Å². The average molecular weight is 399 g/mol. The van der Waals surface area contributed by atoms with E-state index >= 15 is 0 Å². The Kier molecular flexibility index (Phi) is 5.41. The second kappa shape index (κ2) is 7.48. The van der Waals surface area contributed by atoms with Crippen LogP contribution in [0.1, 0.15) is 40.8 Å². The fraction of sp³-hybridized carbons (Fsp3) is 0.333. The first-order valence-electron chi connectivity index (χ1n) is 9.15. The third kappa shape index (κ3) is 3.47. The maximum atomic E-state index is 13.5. The highest BCUT2D eigenvalue weighted by Crippen LogP contribution is 2.32. The Morgan fingerprint density at radius 2 is 1.57 bits per heavy atom. The van der Waals surface area contributed by atoms with Gasteiger partial charge in [0.25, 0.3) is 0 Å². The summed E-state index contributed by atoms with van der Waals surface area (Å²) in [6.07, 6.45) is 3.10. The third-order valence-electron chi connectivity index (χ3n) is 5.54. The zero-order valence-electron chi connectivity index (χ0n) is 17.1. The lowest BCUT2D eigenvalue weighted by atomic mass is 10.0. The quantitative estimate of drug-likeness (QED) is 0.654. The van der Waals surface area contributed by atoms with Gasteiger partial charge >= 0.3 is 0 Å². The number of sulfonamides is 1. The lowest BCUT2D eigenvalue weighted by Crippen LogP contribution is -2.31. The summed E-state index contributed by atoms with van der Waals surface area (Å²) in [4.78, 5) is 4.36. The van der Waals surface area contributed by atoms with Gasteiger partial charge in [-0.05, 0) is 74.6 Å². The van der Waals surface area contributed by atoms with E-state index < -0.39 is 10.0 Å². The zero-order chi connectivity index (χ0) is 20.6. The van der Waals surface area contributed by atoms with Crippen molar-refractivity contribution >= 4 is 10.0 Å². The standard InChI is InChI=1S/C21H26N4O2S/c1-14-11-15(2)17(4)21(16(14)3)28(26,27)24(6)18(5)19-7-9-20(10-8-19)25-13-22-12-23-25/h7-13,18H,1-6H3/t18-/m0/s1. The van der Waals surface area contributed by atoms with Crippen molar-refractivity contribution in [3.63, 3.8) is 0 Å². The Labute approximate surface area is 166 Å². The molecule has 1 atom stereocenters. The van der Waals surface area contributed by atoms with Gasteiger partial charge in [0.1, 0.15) is 12.7 Å². The number of benzene rings is 2. The molecule has 148 valence electrons. The number of aryl methyl sites for hydroxylation is 2. The molecular weight excluding hydrogens is 372 g/mol. The molecule has 0 bridgehead atoms. The lowest BCUT2D eigenvalue weighted by Gasteiger charge is -2.27. The second-order valence-electron chi connectivity index (χ2n) is 7.22. The van der Waals surface area contributed by atoms with E-state index in [9.17, 15) is 8.42 Å². The minimum Gasteiger partial charge on any atom is -0.223 e. The Balaban J connectivity index is 1.96. The lowest BCUT2D eigenvalue weighted by molar-refractivity contribution is 0.397. The summed E-state index contributed by atoms with van der Waals surface area (Å²) >= 11 is 0. The van der Waals surface area contributed by atoms with Crippen LogP contribution in [0.15, 0.2) is 47.9 Å². The van der Waals surface area contributed by atoms with Crippen molar-refractivity contribution in [2.24, 2.45) is 0 Å². The van der Waals surface area contributed by atoms with Crippen molar-refractivity contribution in [2.45, 2.75) is 45.6 Å². The van der Waals surface area contributed by atoms with Crippen molar-refractivity contribution in [2.75, 3.05) is 7.05 Å². The van der Waals surface area contributed by atoms with Crippen molar-refractivity contribution < 1.29 is 8.42 Å². The minimum absolute atomic E-state index is 0.311. The fourth-order valence-electron chi connectivity index (χ4n) is 3.38. The van der Waals surface area contributed by atoms with Crippen LogP contribution in [-0.2, 0) is 10.0 Å². The van der Waals surface area contributed by atoms with Gasteiger partial charge in [0.2, 0.25) is 10.0 Å². The van der Waals surface area contributed by atoms with Gasteiger partial charge in [-0.2, -0.15) is 9.40 Å². The van der Waals surface area contributed by atoms with Crippen molar-refractivity contribution in [1.29, 1.82) is 0 Å². The topological polar surface area (TPSA) is 68.1 Å². The van der Waals surface area contributed by atoms with Crippen LogP contribution in [0.3, 0.4) is 0 Å². The summed E-state index contributed by atoms with van der Waals surface area (Å²) in [5.74, 6) is 0. The Hall–Kier alpha value is -2.51. The first-order chi connectivity index (χ1) is 13.1. The molecule has 0 aliphatic heterocycles. The molecule has 0 amide bonds. The third-order valence-corrected chi connectivity index (χ3v) is 7.74. The monoisotopic (exact) mass is 398 g/mol. The predicted molar refractivity (Wildman–Crippen MR) is 110 cm³/mol. The van der Waals surface area contributed by atoms with Gasteiger partial charge in [-0.1, -0.05) is 18.2 Å². The van der Waals surface area contributed by atoms with Crippen LogP contribution in [0.25, 0.3) is 5.69 Å². The van der Waals surface area contributed by atoms with Crippen LogP contribution >= 0.6 is 0 Å². The highest BCUT2D eigenvalue weighted by atomic mass is 32.2. The van der Waals surface area contributed by atoms with Crippen molar-refractivity contribution in [3.05, 3.63) is 70.8 Å². The maximum Gasteiger partial charge on any atom is 0.243 e. The van der Waals surface area contributed by atoms with Gasteiger partial charge < -0.3 is 0 Å². The molecule has 0 N–H and O–H groups in total. The van der Waals surface area contributed by atoms with Crippen LogP contribution in [0.5, 0.6) is 0 Å². The van der Waals surface area contributed by atoms with Crippen LogP contribution < -0.4 is 0 Å². The SMILES string of the molecule is Cc1cc(C)c(C)c(S(=O)(=O)N(C)[C@@H](C)c2ccc(-n3cncn3)cc2)c1C. The molecule has 1 heterocycles. The number of rotatable bonds is 5. The Morgan fingerprint density at radius 3 is 2.07 bits per heavy atom. The molecule has 0 radical (unpaired) electrons. The van der Waals surface area contributed by atoms with Gasteiger partial charge in [0, 0.05) is 13.1 Å². The summed E-state index contributed by atoms with van der Waals surface area (Å²) in [5, 5.41) is 4.11. The number of hydrogen-bond donors (Lipinski definition) is 0. The van der Waals surface area contributed by atoms with Gasteiger partial charge in [-0.15, -0.1) is 0 Å². The minimum atomic E-state index is -3.64. The maximum absolute atomic E-state index is 13.5. The van der Waals surface area contributed by atoms with E-state index in [0.29, 0.717) is 4.90 Å². The molecule has 28 heavy (non-hydrogen) atoms. The fourth-order valence-corrected chi connectivity index (χ4v) is 5.30. The summed E-state index contributed by atoms with van der Waals surface area (Å²) in [6, 6.07) is 9.40. The zero-order valence-corrected chi connectivity index (χ0v) is 17.9. The van der Waals surface area contributed by atoms with Crippen LogP contribution in [0.4, 0.5) is 0 Å². The first-order valence-corrected chi connectivity index (χ1v) is 10.6.